The van der Waals surface area contributed by atoms with Gasteiger partial charge in [0.25, 0.3) is 0 Å². The van der Waals surface area contributed by atoms with Crippen molar-refractivity contribution in [3.63, 3.8) is 0 Å². The molecule has 2 N–H and O–H groups in total. The predicted octanol–water partition coefficient (Wildman–Crippen LogP) is 0.817. The molecule has 2 aromatic rings. The summed E-state index contributed by atoms with van der Waals surface area (Å²) in [5.74, 6) is 0.976. The van der Waals surface area contributed by atoms with E-state index in [1.165, 1.54) is 0 Å². The molecule has 0 saturated heterocycles. The van der Waals surface area contributed by atoms with Gasteiger partial charge in [0.05, 0.1) is 0 Å². The predicted molar refractivity (Wildman–Crippen MR) is 43.5 cm³/mol. The van der Waals surface area contributed by atoms with Crippen LogP contribution in [0.4, 0.5) is 5.82 Å². The molecule has 2 rings (SSSR count). The molecular formula is C7H8N4O. The van der Waals surface area contributed by atoms with Gasteiger partial charge in [-0.25, -0.2) is 9.97 Å². The van der Waals surface area contributed by atoms with E-state index in [1.807, 2.05) is 6.92 Å². The summed E-state index contributed by atoms with van der Waals surface area (Å²) in [6, 6.07) is 0. The fourth-order valence-electron chi connectivity index (χ4n) is 1.08. The number of nitrogen functional groups attached to an aromatic ring is 1. The fraction of sp³-hybridized carbons (Fsp3) is 0.286. The number of aromatic nitrogens is 3. The van der Waals surface area contributed by atoms with Gasteiger partial charge in [-0.15, -0.1) is 0 Å². The zero-order valence-corrected chi connectivity index (χ0v) is 6.83. The van der Waals surface area contributed by atoms with Crippen molar-refractivity contribution < 1.29 is 4.52 Å². The summed E-state index contributed by atoms with van der Waals surface area (Å²) in [5, 5.41) is 3.74. The molecule has 0 saturated carbocycles. The van der Waals surface area contributed by atoms with Crippen LogP contribution in [-0.4, -0.2) is 15.1 Å². The molecule has 0 bridgehead atoms. The molecule has 2 heterocycles. The van der Waals surface area contributed by atoms with E-state index in [4.69, 9.17) is 10.3 Å². The third-order valence-electron chi connectivity index (χ3n) is 1.62. The maximum Gasteiger partial charge on any atom is 0.227 e. The van der Waals surface area contributed by atoms with Crippen molar-refractivity contribution in [1.29, 1.82) is 0 Å². The number of nitrogens with zero attached hydrogens (tertiary/aromatic N) is 3. The van der Waals surface area contributed by atoms with Gasteiger partial charge in [-0.3, -0.25) is 0 Å². The van der Waals surface area contributed by atoms with Crippen molar-refractivity contribution in [3.8, 4) is 0 Å². The van der Waals surface area contributed by atoms with Crippen LogP contribution >= 0.6 is 0 Å². The normalized spacial score (nSPS) is 10.8. The molecule has 0 aliphatic carbocycles. The molecule has 0 aromatic carbocycles. The summed E-state index contributed by atoms with van der Waals surface area (Å²) < 4.78 is 4.93. The Bertz CT molecular complexity index is 434. The summed E-state index contributed by atoms with van der Waals surface area (Å²) >= 11 is 0. The first kappa shape index (κ1) is 7.02. The minimum absolute atomic E-state index is 0.345. The quantitative estimate of drug-likeness (QED) is 0.623. The van der Waals surface area contributed by atoms with Crippen LogP contribution in [0.1, 0.15) is 11.5 Å². The lowest BCUT2D eigenvalue weighted by atomic mass is 10.3. The third kappa shape index (κ3) is 0.827. The largest absolute Gasteiger partial charge is 0.380 e. The van der Waals surface area contributed by atoms with Crippen LogP contribution in [0, 0.1) is 13.8 Å². The Balaban J connectivity index is 2.92. The number of anilines is 1. The third-order valence-corrected chi connectivity index (χ3v) is 1.62. The van der Waals surface area contributed by atoms with Gasteiger partial charge >= 0.3 is 0 Å². The van der Waals surface area contributed by atoms with E-state index in [2.05, 4.69) is 15.1 Å². The first-order chi connectivity index (χ1) is 5.68. The molecule has 62 valence electrons. The summed E-state index contributed by atoms with van der Waals surface area (Å²) in [6.45, 7) is 3.60. The van der Waals surface area contributed by atoms with E-state index in [-0.39, 0.29) is 0 Å². The Labute approximate surface area is 68.6 Å². The number of hydrogen-bond donors (Lipinski definition) is 1. The molecule has 0 spiro atoms. The lowest BCUT2D eigenvalue weighted by Gasteiger charge is -1.93. The highest BCUT2D eigenvalue weighted by atomic mass is 16.5. The standard InChI is InChI=1S/C7H8N4O/c1-3-5-6(12-11-3)7(8)10-4(2)9-5/h1-2H3,(H2,8,9,10). The topological polar surface area (TPSA) is 77.8 Å². The monoisotopic (exact) mass is 164 g/mol. The van der Waals surface area contributed by atoms with Gasteiger partial charge in [0, 0.05) is 0 Å². The lowest BCUT2D eigenvalue weighted by Crippen LogP contribution is -1.95. The van der Waals surface area contributed by atoms with E-state index in [0.717, 1.165) is 5.69 Å². The smallest absolute Gasteiger partial charge is 0.227 e. The Morgan fingerprint density at radius 3 is 2.75 bits per heavy atom. The average molecular weight is 164 g/mol. The Kier molecular flexibility index (Phi) is 1.27. The average Bonchev–Trinajstić information content (AvgIpc) is 2.33. The van der Waals surface area contributed by atoms with Crippen LogP contribution in [0.3, 0.4) is 0 Å². The molecular weight excluding hydrogens is 156 g/mol. The van der Waals surface area contributed by atoms with Crippen molar-refractivity contribution in [2.24, 2.45) is 0 Å². The molecule has 0 unspecified atom stereocenters. The van der Waals surface area contributed by atoms with Gasteiger partial charge in [0.1, 0.15) is 17.0 Å². The van der Waals surface area contributed by atoms with Gasteiger partial charge in [0.15, 0.2) is 5.82 Å². The van der Waals surface area contributed by atoms with Gasteiger partial charge in [-0.2, -0.15) is 0 Å². The number of fused-ring (bicyclic) bond motifs is 1. The minimum Gasteiger partial charge on any atom is -0.380 e. The molecule has 0 aliphatic rings. The number of aryl methyl sites for hydroxylation is 2. The number of hydrogen-bond acceptors (Lipinski definition) is 5. The van der Waals surface area contributed by atoms with E-state index in [0.29, 0.717) is 22.7 Å². The maximum atomic E-state index is 5.59. The molecule has 12 heavy (non-hydrogen) atoms. The highest BCUT2D eigenvalue weighted by Gasteiger charge is 2.10. The summed E-state index contributed by atoms with van der Waals surface area (Å²) in [6.07, 6.45) is 0. The molecule has 5 heteroatoms. The second-order valence-electron chi connectivity index (χ2n) is 2.60. The molecule has 0 amide bonds. The number of nitrogens with two attached hydrogens (primary N) is 1. The molecule has 0 fully saturated rings. The summed E-state index contributed by atoms with van der Waals surface area (Å²) in [4.78, 5) is 8.10. The molecule has 5 nitrogen and oxygen atoms in total. The first-order valence-corrected chi connectivity index (χ1v) is 3.54. The van der Waals surface area contributed by atoms with Crippen molar-refractivity contribution in [3.05, 3.63) is 11.5 Å². The summed E-state index contributed by atoms with van der Waals surface area (Å²) in [5.41, 5.74) is 7.49. The molecule has 0 aliphatic heterocycles. The van der Waals surface area contributed by atoms with Gasteiger partial charge in [0.2, 0.25) is 5.58 Å². The van der Waals surface area contributed by atoms with E-state index < -0.39 is 0 Å². The van der Waals surface area contributed by atoms with E-state index >= 15 is 0 Å². The Morgan fingerprint density at radius 1 is 1.25 bits per heavy atom. The van der Waals surface area contributed by atoms with Crippen molar-refractivity contribution in [1.82, 2.24) is 15.1 Å². The highest BCUT2D eigenvalue weighted by Crippen LogP contribution is 2.19. The van der Waals surface area contributed by atoms with E-state index in [9.17, 15) is 0 Å². The minimum atomic E-state index is 0.345. The fourth-order valence-corrected chi connectivity index (χ4v) is 1.08. The lowest BCUT2D eigenvalue weighted by molar-refractivity contribution is 0.450. The second-order valence-corrected chi connectivity index (χ2v) is 2.60. The summed E-state index contributed by atoms with van der Waals surface area (Å²) in [7, 11) is 0. The molecule has 0 atom stereocenters. The van der Waals surface area contributed by atoms with Crippen LogP contribution in [0.15, 0.2) is 4.52 Å². The first-order valence-electron chi connectivity index (χ1n) is 3.54. The molecule has 0 radical (unpaired) electrons. The van der Waals surface area contributed by atoms with Crippen LogP contribution in [0.2, 0.25) is 0 Å². The Morgan fingerprint density at radius 2 is 2.00 bits per heavy atom. The SMILES string of the molecule is Cc1nc(N)c2onc(C)c2n1. The second kappa shape index (κ2) is 2.17. The van der Waals surface area contributed by atoms with Crippen LogP contribution in [0.25, 0.3) is 11.1 Å². The Hall–Kier alpha value is -1.65. The van der Waals surface area contributed by atoms with Gasteiger partial charge in [-0.05, 0) is 13.8 Å². The van der Waals surface area contributed by atoms with Crippen LogP contribution in [-0.2, 0) is 0 Å². The van der Waals surface area contributed by atoms with Crippen molar-refractivity contribution in [2.45, 2.75) is 13.8 Å². The zero-order valence-electron chi connectivity index (χ0n) is 6.83. The molecule has 2 aromatic heterocycles. The zero-order chi connectivity index (χ0) is 8.72. The van der Waals surface area contributed by atoms with Gasteiger partial charge in [-0.1, -0.05) is 5.16 Å². The number of rotatable bonds is 0. The van der Waals surface area contributed by atoms with Crippen LogP contribution < -0.4 is 5.73 Å². The van der Waals surface area contributed by atoms with E-state index in [1.54, 1.807) is 6.92 Å². The van der Waals surface area contributed by atoms with Crippen molar-refractivity contribution in [2.75, 3.05) is 5.73 Å². The maximum absolute atomic E-state index is 5.59. The highest BCUT2D eigenvalue weighted by molar-refractivity contribution is 5.83. The van der Waals surface area contributed by atoms with Crippen LogP contribution in [0.5, 0.6) is 0 Å². The van der Waals surface area contributed by atoms with Crippen molar-refractivity contribution >= 4 is 16.9 Å². The van der Waals surface area contributed by atoms with Gasteiger partial charge < -0.3 is 10.3 Å².